The van der Waals surface area contributed by atoms with E-state index in [0.717, 1.165) is 17.5 Å². The highest BCUT2D eigenvalue weighted by Crippen LogP contribution is 2.31. The van der Waals surface area contributed by atoms with Gasteiger partial charge in [-0.3, -0.25) is 4.57 Å². The van der Waals surface area contributed by atoms with E-state index in [-0.39, 0.29) is 17.0 Å². The van der Waals surface area contributed by atoms with Gasteiger partial charge in [0.15, 0.2) is 5.82 Å². The van der Waals surface area contributed by atoms with E-state index in [0.29, 0.717) is 30.2 Å². The fourth-order valence-electron chi connectivity index (χ4n) is 3.21. The molecule has 3 heterocycles. The smallest absolute Gasteiger partial charge is 0.329 e. The fraction of sp³-hybridized carbons (Fsp3) is 0.211. The summed E-state index contributed by atoms with van der Waals surface area (Å²) in [5.74, 6) is 0.720. The first-order valence-corrected chi connectivity index (χ1v) is 8.78. The monoisotopic (exact) mass is 402 g/mol. The number of benzene rings is 1. The van der Waals surface area contributed by atoms with Crippen LogP contribution in [0.3, 0.4) is 0 Å². The van der Waals surface area contributed by atoms with Crippen LogP contribution in [0, 0.1) is 5.82 Å². The summed E-state index contributed by atoms with van der Waals surface area (Å²) >= 11 is 5.76. The number of nitrogens with zero attached hydrogens (tertiary/aromatic N) is 4. The van der Waals surface area contributed by atoms with E-state index in [4.69, 9.17) is 21.1 Å². The van der Waals surface area contributed by atoms with E-state index in [1.807, 2.05) is 12.1 Å². The van der Waals surface area contributed by atoms with Gasteiger partial charge in [-0.05, 0) is 29.8 Å². The van der Waals surface area contributed by atoms with Crippen LogP contribution < -0.4 is 9.47 Å². The van der Waals surface area contributed by atoms with Crippen molar-refractivity contribution in [3.63, 3.8) is 0 Å². The van der Waals surface area contributed by atoms with Crippen molar-refractivity contribution in [1.82, 2.24) is 19.4 Å². The third kappa shape index (κ3) is 3.16. The summed E-state index contributed by atoms with van der Waals surface area (Å²) < 4.78 is 26.1. The standard InChI is InChI=1S/C19H16ClFN4O3/c1-27-14-4-3-11(16(6-14)28-2)8-24-10-13-5-12(9-25(13)19(24)26)17-15(21)7-22-18(20)23-17/h3-7,9H,8,10H2,1-2H3. The second-order valence-corrected chi connectivity index (χ2v) is 6.58. The number of halogens is 2. The molecule has 0 unspecified atom stereocenters. The largest absolute Gasteiger partial charge is 0.497 e. The summed E-state index contributed by atoms with van der Waals surface area (Å²) in [7, 11) is 3.15. The maximum Gasteiger partial charge on any atom is 0.329 e. The SMILES string of the molecule is COc1ccc(CN2Cc3cc(-c4nc(Cl)ncc4F)cn3C2=O)c(OC)c1. The highest BCUT2D eigenvalue weighted by molar-refractivity contribution is 6.28. The lowest BCUT2D eigenvalue weighted by atomic mass is 10.1. The van der Waals surface area contributed by atoms with Crippen molar-refractivity contribution in [3.8, 4) is 22.8 Å². The molecule has 144 valence electrons. The van der Waals surface area contributed by atoms with Crippen molar-refractivity contribution < 1.29 is 18.7 Å². The van der Waals surface area contributed by atoms with E-state index < -0.39 is 5.82 Å². The summed E-state index contributed by atoms with van der Waals surface area (Å²) in [6, 6.07) is 6.97. The van der Waals surface area contributed by atoms with Crippen LogP contribution in [0.5, 0.6) is 11.5 Å². The summed E-state index contributed by atoms with van der Waals surface area (Å²) in [6.45, 7) is 0.755. The van der Waals surface area contributed by atoms with Gasteiger partial charge >= 0.3 is 6.03 Å². The van der Waals surface area contributed by atoms with Gasteiger partial charge in [-0.15, -0.1) is 0 Å². The molecule has 3 aromatic rings. The van der Waals surface area contributed by atoms with E-state index in [2.05, 4.69) is 9.97 Å². The minimum Gasteiger partial charge on any atom is -0.497 e. The van der Waals surface area contributed by atoms with Crippen molar-refractivity contribution in [2.45, 2.75) is 13.1 Å². The predicted molar refractivity (Wildman–Crippen MR) is 100 cm³/mol. The van der Waals surface area contributed by atoms with Gasteiger partial charge in [-0.1, -0.05) is 0 Å². The van der Waals surface area contributed by atoms with Crippen LogP contribution >= 0.6 is 11.6 Å². The third-order valence-electron chi connectivity index (χ3n) is 4.57. The zero-order valence-electron chi connectivity index (χ0n) is 15.1. The fourth-order valence-corrected chi connectivity index (χ4v) is 3.35. The lowest BCUT2D eigenvalue weighted by Gasteiger charge is -2.18. The Morgan fingerprint density at radius 1 is 1.25 bits per heavy atom. The van der Waals surface area contributed by atoms with Gasteiger partial charge in [0.2, 0.25) is 5.28 Å². The quantitative estimate of drug-likeness (QED) is 0.608. The Hall–Kier alpha value is -3.13. The summed E-state index contributed by atoms with van der Waals surface area (Å²) in [4.78, 5) is 22.0. The van der Waals surface area contributed by atoms with Gasteiger partial charge < -0.3 is 14.4 Å². The molecule has 9 heteroatoms. The molecule has 0 saturated heterocycles. The number of aromatic nitrogens is 3. The molecule has 0 bridgehead atoms. The Morgan fingerprint density at radius 2 is 2.07 bits per heavy atom. The molecule has 0 atom stereocenters. The first-order valence-electron chi connectivity index (χ1n) is 8.40. The number of amides is 1. The molecular formula is C19H16ClFN4O3. The number of rotatable bonds is 5. The average Bonchev–Trinajstić information content (AvgIpc) is 3.23. The number of hydrogen-bond donors (Lipinski definition) is 0. The van der Waals surface area contributed by atoms with E-state index in [1.54, 1.807) is 37.4 Å². The minimum atomic E-state index is -0.596. The molecule has 2 aromatic heterocycles. The van der Waals surface area contributed by atoms with E-state index in [1.165, 1.54) is 4.57 Å². The second-order valence-electron chi connectivity index (χ2n) is 6.24. The van der Waals surface area contributed by atoms with Crippen LogP contribution in [-0.4, -0.2) is 39.7 Å². The molecule has 1 aromatic carbocycles. The van der Waals surface area contributed by atoms with Crippen molar-refractivity contribution in [2.24, 2.45) is 0 Å². The molecule has 7 nitrogen and oxygen atoms in total. The second kappa shape index (κ2) is 7.12. The zero-order chi connectivity index (χ0) is 19.8. The molecule has 0 radical (unpaired) electrons. The Kier molecular flexibility index (Phi) is 4.64. The summed E-state index contributed by atoms with van der Waals surface area (Å²) in [5, 5.41) is -0.0534. The zero-order valence-corrected chi connectivity index (χ0v) is 15.9. The van der Waals surface area contributed by atoms with Crippen molar-refractivity contribution in [2.75, 3.05) is 14.2 Å². The number of fused-ring (bicyclic) bond motifs is 1. The lowest BCUT2D eigenvalue weighted by molar-refractivity contribution is 0.206. The highest BCUT2D eigenvalue weighted by atomic mass is 35.5. The number of carbonyl (C=O) groups is 1. The molecule has 1 aliphatic rings. The van der Waals surface area contributed by atoms with Crippen molar-refractivity contribution in [3.05, 3.63) is 59.0 Å². The van der Waals surface area contributed by atoms with Crippen molar-refractivity contribution >= 4 is 17.6 Å². The van der Waals surface area contributed by atoms with Gasteiger partial charge in [0.1, 0.15) is 17.2 Å². The van der Waals surface area contributed by atoms with Gasteiger partial charge in [-0.25, -0.2) is 19.2 Å². The molecule has 0 spiro atoms. The summed E-state index contributed by atoms with van der Waals surface area (Å²) in [6.07, 6.45) is 2.57. The highest BCUT2D eigenvalue weighted by Gasteiger charge is 2.29. The Balaban J connectivity index is 1.58. The van der Waals surface area contributed by atoms with Gasteiger partial charge in [0.25, 0.3) is 0 Å². The lowest BCUT2D eigenvalue weighted by Crippen LogP contribution is -2.25. The maximum atomic E-state index is 14.0. The molecular weight excluding hydrogens is 387 g/mol. The average molecular weight is 403 g/mol. The normalized spacial score (nSPS) is 13.0. The predicted octanol–water partition coefficient (Wildman–Crippen LogP) is 3.74. The van der Waals surface area contributed by atoms with E-state index >= 15 is 0 Å². The van der Waals surface area contributed by atoms with Crippen LogP contribution in [0.4, 0.5) is 9.18 Å². The number of carbonyl (C=O) groups excluding carboxylic acids is 1. The third-order valence-corrected chi connectivity index (χ3v) is 4.75. The molecule has 1 aliphatic heterocycles. The Morgan fingerprint density at radius 3 is 2.79 bits per heavy atom. The molecule has 0 saturated carbocycles. The topological polar surface area (TPSA) is 69.5 Å². The van der Waals surface area contributed by atoms with Crippen LogP contribution in [0.1, 0.15) is 11.3 Å². The number of ether oxygens (including phenoxy) is 2. The van der Waals surface area contributed by atoms with Gasteiger partial charge in [-0.2, -0.15) is 0 Å². The first kappa shape index (κ1) is 18.2. The van der Waals surface area contributed by atoms with Crippen LogP contribution in [0.2, 0.25) is 5.28 Å². The molecule has 0 N–H and O–H groups in total. The number of hydrogen-bond acceptors (Lipinski definition) is 5. The maximum absolute atomic E-state index is 14.0. The molecule has 4 rings (SSSR count). The van der Waals surface area contributed by atoms with Gasteiger partial charge in [0.05, 0.1) is 33.5 Å². The summed E-state index contributed by atoms with van der Waals surface area (Å²) in [5.41, 5.74) is 2.14. The molecule has 0 fully saturated rings. The van der Waals surface area contributed by atoms with Gasteiger partial charge in [0, 0.05) is 29.1 Å². The molecule has 1 amide bonds. The minimum absolute atomic E-state index is 0.0534. The molecule has 0 aliphatic carbocycles. The Bertz CT molecular complexity index is 1070. The van der Waals surface area contributed by atoms with Crippen LogP contribution in [0.15, 0.2) is 36.7 Å². The molecule has 28 heavy (non-hydrogen) atoms. The van der Waals surface area contributed by atoms with Crippen LogP contribution in [0.25, 0.3) is 11.3 Å². The van der Waals surface area contributed by atoms with Crippen LogP contribution in [-0.2, 0) is 13.1 Å². The Labute approximate surface area is 165 Å². The van der Waals surface area contributed by atoms with Crippen molar-refractivity contribution in [1.29, 1.82) is 0 Å². The first-order chi connectivity index (χ1) is 13.5. The number of methoxy groups -OCH3 is 2. The van der Waals surface area contributed by atoms with E-state index in [9.17, 15) is 9.18 Å².